The Kier molecular flexibility index (Phi) is 5.27. The van der Waals surface area contributed by atoms with Gasteiger partial charge in [0.1, 0.15) is 6.04 Å². The minimum Gasteiger partial charge on any atom is -0.454 e. The molecule has 1 aliphatic rings. The Morgan fingerprint density at radius 1 is 1.15 bits per heavy atom. The number of carbonyl (C=O) groups excluding carboxylic acids is 1. The van der Waals surface area contributed by atoms with Crippen LogP contribution >= 0.6 is 0 Å². The molecule has 0 fully saturated rings. The highest BCUT2D eigenvalue weighted by Gasteiger charge is 2.31. The van der Waals surface area contributed by atoms with Gasteiger partial charge in [0.2, 0.25) is 22.7 Å². The van der Waals surface area contributed by atoms with Crippen molar-refractivity contribution in [1.82, 2.24) is 0 Å². The van der Waals surface area contributed by atoms with Crippen LogP contribution in [-0.2, 0) is 14.8 Å². The van der Waals surface area contributed by atoms with Gasteiger partial charge in [-0.2, -0.15) is 0 Å². The molecule has 0 aromatic heterocycles. The van der Waals surface area contributed by atoms with Crippen LogP contribution in [0.15, 0.2) is 42.5 Å². The van der Waals surface area contributed by atoms with Crippen molar-refractivity contribution in [3.8, 4) is 11.5 Å². The second-order valence-electron chi connectivity index (χ2n) is 6.38. The number of aryl methyl sites for hydroxylation is 1. The van der Waals surface area contributed by atoms with Crippen LogP contribution in [0.5, 0.6) is 11.5 Å². The summed E-state index contributed by atoms with van der Waals surface area (Å²) in [7, 11) is -3.66. The van der Waals surface area contributed by atoms with Crippen LogP contribution in [0.3, 0.4) is 0 Å². The third-order valence-corrected chi connectivity index (χ3v) is 5.44. The van der Waals surface area contributed by atoms with Crippen molar-refractivity contribution in [2.24, 2.45) is 0 Å². The fourth-order valence-electron chi connectivity index (χ4n) is 2.95. The van der Waals surface area contributed by atoms with Crippen molar-refractivity contribution in [3.05, 3.63) is 48.0 Å². The number of nitrogens with one attached hydrogen (secondary N) is 1. The lowest BCUT2D eigenvalue weighted by Gasteiger charge is -2.30. The first-order valence-corrected chi connectivity index (χ1v) is 10.4. The average molecular weight is 390 g/mol. The lowest BCUT2D eigenvalue weighted by Crippen LogP contribution is -2.47. The molecule has 8 heteroatoms. The molecule has 7 nitrogen and oxygen atoms in total. The molecule has 0 unspecified atom stereocenters. The molecular weight excluding hydrogens is 368 g/mol. The highest BCUT2D eigenvalue weighted by Crippen LogP contribution is 2.34. The molecule has 0 bridgehead atoms. The van der Waals surface area contributed by atoms with Gasteiger partial charge in [-0.05, 0) is 37.6 Å². The minimum absolute atomic E-state index is 0.138. The van der Waals surface area contributed by atoms with Gasteiger partial charge in [-0.3, -0.25) is 9.10 Å². The number of anilines is 2. The van der Waals surface area contributed by atoms with Gasteiger partial charge in [-0.25, -0.2) is 8.42 Å². The molecule has 27 heavy (non-hydrogen) atoms. The first-order valence-electron chi connectivity index (χ1n) is 8.56. The molecule has 3 rings (SSSR count). The van der Waals surface area contributed by atoms with E-state index in [2.05, 4.69) is 5.32 Å². The van der Waals surface area contributed by atoms with E-state index in [-0.39, 0.29) is 6.79 Å². The summed E-state index contributed by atoms with van der Waals surface area (Å²) < 4.78 is 36.6. The van der Waals surface area contributed by atoms with Gasteiger partial charge in [0.25, 0.3) is 0 Å². The smallest absolute Gasteiger partial charge is 0.248 e. The molecule has 144 valence electrons. The Labute approximate surface area is 158 Å². The largest absolute Gasteiger partial charge is 0.454 e. The third kappa shape index (κ3) is 4.16. The van der Waals surface area contributed by atoms with Crippen molar-refractivity contribution < 1.29 is 22.7 Å². The summed E-state index contributed by atoms with van der Waals surface area (Å²) in [4.78, 5) is 12.9. The van der Waals surface area contributed by atoms with E-state index < -0.39 is 22.0 Å². The van der Waals surface area contributed by atoms with E-state index in [9.17, 15) is 13.2 Å². The van der Waals surface area contributed by atoms with Crippen LogP contribution in [0.4, 0.5) is 11.4 Å². The molecule has 0 spiro atoms. The van der Waals surface area contributed by atoms with E-state index in [1.54, 1.807) is 37.3 Å². The highest BCUT2D eigenvalue weighted by atomic mass is 32.2. The molecule has 0 saturated heterocycles. The second-order valence-corrected chi connectivity index (χ2v) is 8.24. The average Bonchev–Trinajstić information content (AvgIpc) is 3.07. The molecule has 1 atom stereocenters. The maximum absolute atomic E-state index is 12.9. The van der Waals surface area contributed by atoms with Crippen LogP contribution in [0, 0.1) is 6.92 Å². The van der Waals surface area contributed by atoms with E-state index in [0.717, 1.165) is 16.1 Å². The van der Waals surface area contributed by atoms with Gasteiger partial charge in [-0.1, -0.05) is 24.6 Å². The van der Waals surface area contributed by atoms with Crippen LogP contribution < -0.4 is 19.1 Å². The third-order valence-electron chi connectivity index (χ3n) is 4.26. The van der Waals surface area contributed by atoms with Gasteiger partial charge in [0.15, 0.2) is 11.5 Å². The maximum Gasteiger partial charge on any atom is 0.248 e. The van der Waals surface area contributed by atoms with Gasteiger partial charge in [-0.15, -0.1) is 0 Å². The topological polar surface area (TPSA) is 84.9 Å². The standard InChI is InChI=1S/C19H22N2O5S/c1-4-16(21(27(3,23)24)15-8-5-13(2)6-9-15)19(22)20-14-7-10-17-18(11-14)26-12-25-17/h5-11,16H,4,12H2,1-3H3,(H,20,22)/t16-/m1/s1. The fraction of sp³-hybridized carbons (Fsp3) is 0.316. The number of hydrogen-bond acceptors (Lipinski definition) is 5. The van der Waals surface area contributed by atoms with Crippen molar-refractivity contribution in [3.63, 3.8) is 0 Å². The van der Waals surface area contributed by atoms with E-state index in [1.165, 1.54) is 0 Å². The van der Waals surface area contributed by atoms with Gasteiger partial charge >= 0.3 is 0 Å². The van der Waals surface area contributed by atoms with E-state index in [0.29, 0.717) is 29.3 Å². The zero-order valence-electron chi connectivity index (χ0n) is 15.4. The zero-order chi connectivity index (χ0) is 19.6. The molecule has 1 heterocycles. The van der Waals surface area contributed by atoms with Crippen molar-refractivity contribution in [1.29, 1.82) is 0 Å². The highest BCUT2D eigenvalue weighted by molar-refractivity contribution is 7.92. The zero-order valence-corrected chi connectivity index (χ0v) is 16.2. The molecule has 0 radical (unpaired) electrons. The number of sulfonamides is 1. The number of hydrogen-bond donors (Lipinski definition) is 1. The number of fused-ring (bicyclic) bond motifs is 1. The second kappa shape index (κ2) is 7.48. The quantitative estimate of drug-likeness (QED) is 0.820. The molecule has 1 amide bonds. The Hall–Kier alpha value is -2.74. The van der Waals surface area contributed by atoms with E-state index >= 15 is 0 Å². The Morgan fingerprint density at radius 2 is 1.81 bits per heavy atom. The molecule has 2 aromatic rings. The monoisotopic (exact) mass is 390 g/mol. The number of ether oxygens (including phenoxy) is 2. The molecule has 1 N–H and O–H groups in total. The van der Waals surface area contributed by atoms with Crippen LogP contribution in [-0.4, -0.2) is 33.4 Å². The number of carbonyl (C=O) groups is 1. The number of benzene rings is 2. The lowest BCUT2D eigenvalue weighted by molar-refractivity contribution is -0.117. The SMILES string of the molecule is CC[C@H](C(=O)Nc1ccc2c(c1)OCO2)N(c1ccc(C)cc1)S(C)(=O)=O. The predicted octanol–water partition coefficient (Wildman–Crippen LogP) is 2.91. The Balaban J connectivity index is 1.88. The van der Waals surface area contributed by atoms with E-state index in [4.69, 9.17) is 9.47 Å². The first kappa shape index (κ1) is 19.0. The normalized spacial score (nSPS) is 13.9. The number of amides is 1. The summed E-state index contributed by atoms with van der Waals surface area (Å²) in [6.45, 7) is 3.83. The number of nitrogens with zero attached hydrogens (tertiary/aromatic N) is 1. The van der Waals surface area contributed by atoms with Crippen molar-refractivity contribution in [2.45, 2.75) is 26.3 Å². The molecule has 2 aromatic carbocycles. The van der Waals surface area contributed by atoms with Gasteiger partial charge < -0.3 is 14.8 Å². The summed E-state index contributed by atoms with van der Waals surface area (Å²) in [5, 5.41) is 2.78. The van der Waals surface area contributed by atoms with Gasteiger partial charge in [0, 0.05) is 11.8 Å². The summed E-state index contributed by atoms with van der Waals surface area (Å²) in [6.07, 6.45) is 1.42. The molecule has 1 aliphatic heterocycles. The van der Waals surface area contributed by atoms with Crippen molar-refractivity contribution >= 4 is 27.3 Å². The molecular formula is C19H22N2O5S. The van der Waals surface area contributed by atoms with Crippen molar-refractivity contribution in [2.75, 3.05) is 22.7 Å². The molecule has 0 saturated carbocycles. The molecule has 0 aliphatic carbocycles. The Bertz CT molecular complexity index is 941. The van der Waals surface area contributed by atoms with Gasteiger partial charge in [0.05, 0.1) is 11.9 Å². The summed E-state index contributed by atoms with van der Waals surface area (Å²) >= 11 is 0. The summed E-state index contributed by atoms with van der Waals surface area (Å²) in [5.74, 6) is 0.735. The summed E-state index contributed by atoms with van der Waals surface area (Å²) in [6, 6.07) is 11.2. The Morgan fingerprint density at radius 3 is 2.44 bits per heavy atom. The van der Waals surface area contributed by atoms with Crippen LogP contribution in [0.2, 0.25) is 0 Å². The summed E-state index contributed by atoms with van der Waals surface area (Å²) in [5.41, 5.74) is 1.97. The lowest BCUT2D eigenvalue weighted by atomic mass is 10.1. The predicted molar refractivity (Wildman–Crippen MR) is 104 cm³/mol. The maximum atomic E-state index is 12.9. The van der Waals surface area contributed by atoms with Crippen LogP contribution in [0.1, 0.15) is 18.9 Å². The van der Waals surface area contributed by atoms with E-state index in [1.807, 2.05) is 19.1 Å². The fourth-order valence-corrected chi connectivity index (χ4v) is 4.16. The minimum atomic E-state index is -3.66. The van der Waals surface area contributed by atoms with Crippen LogP contribution in [0.25, 0.3) is 0 Å². The first-order chi connectivity index (χ1) is 12.8. The number of rotatable bonds is 6.